The topological polar surface area (TPSA) is 27.1 Å². The van der Waals surface area contributed by atoms with Crippen LogP contribution in [0.3, 0.4) is 0 Å². The first-order chi connectivity index (χ1) is 9.04. The molecule has 0 amide bonds. The van der Waals surface area contributed by atoms with Gasteiger partial charge in [-0.1, -0.05) is 19.9 Å². The summed E-state index contributed by atoms with van der Waals surface area (Å²) in [6, 6.07) is 6.01. The Morgan fingerprint density at radius 2 is 2.05 bits per heavy atom. The molecule has 0 aliphatic heterocycles. The molecule has 0 spiro atoms. The highest BCUT2D eigenvalue weighted by molar-refractivity contribution is 6.20. The zero-order chi connectivity index (χ0) is 14.0. The quantitative estimate of drug-likeness (QED) is 0.760. The van der Waals surface area contributed by atoms with Crippen LogP contribution in [-0.4, -0.2) is 16.7 Å². The van der Waals surface area contributed by atoms with E-state index in [4.69, 9.17) is 16.3 Å². The van der Waals surface area contributed by atoms with Crippen molar-refractivity contribution in [3.63, 3.8) is 0 Å². The van der Waals surface area contributed by atoms with Gasteiger partial charge in [-0.2, -0.15) is 0 Å². The number of imidazole rings is 1. The summed E-state index contributed by atoms with van der Waals surface area (Å²) in [5, 5.41) is -0.107. The first kappa shape index (κ1) is 14.2. The van der Waals surface area contributed by atoms with Crippen LogP contribution >= 0.6 is 11.6 Å². The van der Waals surface area contributed by atoms with Crippen molar-refractivity contribution in [2.24, 2.45) is 5.92 Å². The van der Waals surface area contributed by atoms with E-state index in [1.807, 2.05) is 19.1 Å². The normalized spacial score (nSPS) is 13.2. The molecular formula is C15H21ClN2O. The second-order valence-corrected chi connectivity index (χ2v) is 5.90. The Kier molecular flexibility index (Phi) is 4.35. The molecular weight excluding hydrogens is 260 g/mol. The highest BCUT2D eigenvalue weighted by atomic mass is 35.5. The summed E-state index contributed by atoms with van der Waals surface area (Å²) >= 11 is 6.27. The summed E-state index contributed by atoms with van der Waals surface area (Å²) in [4.78, 5) is 4.67. The Labute approximate surface area is 119 Å². The molecule has 1 aromatic heterocycles. The molecule has 19 heavy (non-hydrogen) atoms. The van der Waals surface area contributed by atoms with Crippen LogP contribution in [0.4, 0.5) is 0 Å². The first-order valence-electron chi connectivity index (χ1n) is 6.71. The fraction of sp³-hybridized carbons (Fsp3) is 0.533. The minimum Gasteiger partial charge on any atom is -0.494 e. The predicted molar refractivity (Wildman–Crippen MR) is 80.0 cm³/mol. The van der Waals surface area contributed by atoms with Gasteiger partial charge in [0, 0.05) is 6.54 Å². The molecule has 1 atom stereocenters. The third kappa shape index (κ3) is 2.86. The Balaban J connectivity index is 2.54. The lowest BCUT2D eigenvalue weighted by atomic mass is 10.1. The standard InChI is InChI=1S/C15H21ClN2O/c1-10(2)8-9-18-12-6-5-7-13(19-4)14(12)17-15(18)11(3)16/h5-7,10-11H,8-9H2,1-4H3. The molecule has 0 aliphatic rings. The Hall–Kier alpha value is -1.22. The summed E-state index contributed by atoms with van der Waals surface area (Å²) in [6.45, 7) is 7.35. The molecule has 1 heterocycles. The molecule has 2 rings (SSSR count). The van der Waals surface area contributed by atoms with E-state index in [0.29, 0.717) is 5.92 Å². The maximum atomic E-state index is 6.27. The van der Waals surface area contributed by atoms with Crippen LogP contribution in [0.2, 0.25) is 0 Å². The van der Waals surface area contributed by atoms with Crippen molar-refractivity contribution in [1.29, 1.82) is 0 Å². The number of para-hydroxylation sites is 1. The van der Waals surface area contributed by atoms with Crippen LogP contribution in [0.25, 0.3) is 11.0 Å². The van der Waals surface area contributed by atoms with Gasteiger partial charge >= 0.3 is 0 Å². The number of rotatable bonds is 5. The van der Waals surface area contributed by atoms with Crippen molar-refractivity contribution in [3.05, 3.63) is 24.0 Å². The largest absolute Gasteiger partial charge is 0.494 e. The summed E-state index contributed by atoms with van der Waals surface area (Å²) in [6.07, 6.45) is 1.11. The van der Waals surface area contributed by atoms with E-state index < -0.39 is 0 Å². The summed E-state index contributed by atoms with van der Waals surface area (Å²) in [5.74, 6) is 2.38. The second kappa shape index (κ2) is 5.83. The molecule has 1 aromatic carbocycles. The molecule has 4 heteroatoms. The van der Waals surface area contributed by atoms with Crippen LogP contribution in [-0.2, 0) is 6.54 Å². The predicted octanol–water partition coefficient (Wildman–Crippen LogP) is 4.39. The number of aryl methyl sites for hydroxylation is 1. The maximum absolute atomic E-state index is 6.27. The Morgan fingerprint density at radius 1 is 1.32 bits per heavy atom. The number of alkyl halides is 1. The van der Waals surface area contributed by atoms with Gasteiger partial charge in [0.15, 0.2) is 0 Å². The van der Waals surface area contributed by atoms with Crippen molar-refractivity contribution in [3.8, 4) is 5.75 Å². The summed E-state index contributed by atoms with van der Waals surface area (Å²) in [7, 11) is 1.67. The van der Waals surface area contributed by atoms with Gasteiger partial charge in [0.1, 0.15) is 17.1 Å². The molecule has 0 saturated heterocycles. The lowest BCUT2D eigenvalue weighted by Gasteiger charge is -2.12. The lowest BCUT2D eigenvalue weighted by molar-refractivity contribution is 0.419. The first-order valence-corrected chi connectivity index (χ1v) is 7.15. The van der Waals surface area contributed by atoms with Crippen LogP contribution < -0.4 is 4.74 Å². The Bertz CT molecular complexity index is 561. The fourth-order valence-corrected chi connectivity index (χ4v) is 2.40. The number of halogens is 1. The Morgan fingerprint density at radius 3 is 2.63 bits per heavy atom. The number of ether oxygens (including phenoxy) is 1. The van der Waals surface area contributed by atoms with Crippen LogP contribution in [0.1, 0.15) is 38.4 Å². The van der Waals surface area contributed by atoms with Crippen molar-refractivity contribution < 1.29 is 4.74 Å². The highest BCUT2D eigenvalue weighted by Crippen LogP contribution is 2.30. The SMILES string of the molecule is COc1cccc2c1nc(C(C)Cl)n2CCC(C)C. The average Bonchev–Trinajstić information content (AvgIpc) is 2.74. The van der Waals surface area contributed by atoms with E-state index in [1.165, 1.54) is 0 Å². The molecule has 1 unspecified atom stereocenters. The zero-order valence-electron chi connectivity index (χ0n) is 12.0. The van der Waals surface area contributed by atoms with Gasteiger partial charge in [-0.15, -0.1) is 11.6 Å². The molecule has 104 valence electrons. The van der Waals surface area contributed by atoms with Crippen molar-refractivity contribution in [2.45, 2.75) is 39.1 Å². The molecule has 0 radical (unpaired) electrons. The van der Waals surface area contributed by atoms with Crippen LogP contribution in [0, 0.1) is 5.92 Å². The zero-order valence-corrected chi connectivity index (χ0v) is 12.7. The molecule has 0 N–H and O–H groups in total. The number of hydrogen-bond donors (Lipinski definition) is 0. The van der Waals surface area contributed by atoms with Gasteiger partial charge < -0.3 is 9.30 Å². The highest BCUT2D eigenvalue weighted by Gasteiger charge is 2.17. The van der Waals surface area contributed by atoms with Crippen molar-refractivity contribution in [2.75, 3.05) is 7.11 Å². The second-order valence-electron chi connectivity index (χ2n) is 5.25. The number of aromatic nitrogens is 2. The number of methoxy groups -OCH3 is 1. The average molecular weight is 281 g/mol. The molecule has 3 nitrogen and oxygen atoms in total. The van der Waals surface area contributed by atoms with Crippen LogP contribution in [0.5, 0.6) is 5.75 Å². The van der Waals surface area contributed by atoms with Gasteiger partial charge in [-0.25, -0.2) is 4.98 Å². The van der Waals surface area contributed by atoms with Crippen molar-refractivity contribution >= 4 is 22.6 Å². The number of fused-ring (bicyclic) bond motifs is 1. The van der Waals surface area contributed by atoms with E-state index in [9.17, 15) is 0 Å². The summed E-state index contributed by atoms with van der Waals surface area (Å²) in [5.41, 5.74) is 2.00. The minimum atomic E-state index is -0.107. The molecule has 0 bridgehead atoms. The monoisotopic (exact) mass is 280 g/mol. The number of benzene rings is 1. The number of hydrogen-bond acceptors (Lipinski definition) is 2. The van der Waals surface area contributed by atoms with E-state index in [-0.39, 0.29) is 5.38 Å². The van der Waals surface area contributed by atoms with E-state index in [2.05, 4.69) is 29.5 Å². The van der Waals surface area contributed by atoms with E-state index in [0.717, 1.165) is 35.6 Å². The van der Waals surface area contributed by atoms with Crippen molar-refractivity contribution in [1.82, 2.24) is 9.55 Å². The maximum Gasteiger partial charge on any atom is 0.146 e. The smallest absolute Gasteiger partial charge is 0.146 e. The minimum absolute atomic E-state index is 0.107. The molecule has 0 saturated carbocycles. The van der Waals surface area contributed by atoms with Crippen LogP contribution in [0.15, 0.2) is 18.2 Å². The van der Waals surface area contributed by atoms with E-state index >= 15 is 0 Å². The fourth-order valence-electron chi connectivity index (χ4n) is 2.23. The van der Waals surface area contributed by atoms with E-state index in [1.54, 1.807) is 7.11 Å². The van der Waals surface area contributed by atoms with Gasteiger partial charge in [0.2, 0.25) is 0 Å². The number of nitrogens with zero attached hydrogens (tertiary/aromatic N) is 2. The van der Waals surface area contributed by atoms with Gasteiger partial charge in [-0.3, -0.25) is 0 Å². The summed E-state index contributed by atoms with van der Waals surface area (Å²) < 4.78 is 7.60. The van der Waals surface area contributed by atoms with Gasteiger partial charge in [0.25, 0.3) is 0 Å². The molecule has 2 aromatic rings. The third-order valence-electron chi connectivity index (χ3n) is 3.28. The third-order valence-corrected chi connectivity index (χ3v) is 3.47. The van der Waals surface area contributed by atoms with Gasteiger partial charge in [-0.05, 0) is 31.4 Å². The van der Waals surface area contributed by atoms with Gasteiger partial charge in [0.05, 0.1) is 18.0 Å². The molecule has 0 fully saturated rings. The molecule has 0 aliphatic carbocycles. The lowest BCUT2D eigenvalue weighted by Crippen LogP contribution is -2.06.